The number of hydrogen-bond acceptors (Lipinski definition) is 2. The van der Waals surface area contributed by atoms with Gasteiger partial charge in [0, 0.05) is 20.3 Å². The number of rotatable bonds is 4. The molecule has 1 aromatic heterocycles. The number of aromatic nitrogens is 1. The summed E-state index contributed by atoms with van der Waals surface area (Å²) in [5.41, 5.74) is 0.0636. The molecular formula is C15H22N2O3. The molecule has 0 radical (unpaired) electrons. The number of aliphatic carboxylic acids is 1. The molecule has 1 saturated carbocycles. The van der Waals surface area contributed by atoms with E-state index in [1.54, 1.807) is 22.6 Å². The Morgan fingerprint density at radius 1 is 1.35 bits per heavy atom. The molecule has 1 N–H and O–H groups in total. The molecular weight excluding hydrogens is 256 g/mol. The smallest absolute Gasteiger partial charge is 0.305 e. The number of hydrogen-bond donors (Lipinski definition) is 1. The van der Waals surface area contributed by atoms with Crippen LogP contribution in [0.25, 0.3) is 0 Å². The summed E-state index contributed by atoms with van der Waals surface area (Å²) in [6, 6.07) is 3.60. The Hall–Kier alpha value is -1.78. The molecule has 0 unspecified atom stereocenters. The van der Waals surface area contributed by atoms with Gasteiger partial charge in [0.25, 0.3) is 5.91 Å². The molecule has 1 aliphatic rings. The van der Waals surface area contributed by atoms with E-state index in [-0.39, 0.29) is 12.3 Å². The molecule has 0 saturated heterocycles. The topological polar surface area (TPSA) is 62.5 Å². The summed E-state index contributed by atoms with van der Waals surface area (Å²) in [5, 5.41) is 9.20. The first-order valence-corrected chi connectivity index (χ1v) is 7.07. The van der Waals surface area contributed by atoms with Crippen molar-refractivity contribution in [2.75, 3.05) is 7.05 Å². The molecule has 0 atom stereocenters. The van der Waals surface area contributed by atoms with E-state index in [0.29, 0.717) is 5.69 Å². The number of carboxylic acids is 1. The Bertz CT molecular complexity index is 501. The highest BCUT2D eigenvalue weighted by molar-refractivity contribution is 5.93. The summed E-state index contributed by atoms with van der Waals surface area (Å²) < 4.78 is 1.77. The first-order chi connectivity index (χ1) is 9.46. The van der Waals surface area contributed by atoms with E-state index >= 15 is 0 Å². The average molecular weight is 278 g/mol. The van der Waals surface area contributed by atoms with Crippen molar-refractivity contribution in [2.45, 2.75) is 44.1 Å². The van der Waals surface area contributed by atoms with E-state index in [0.717, 1.165) is 32.1 Å². The first-order valence-electron chi connectivity index (χ1n) is 7.07. The fourth-order valence-corrected chi connectivity index (χ4v) is 3.19. The third kappa shape index (κ3) is 2.71. The molecule has 1 aromatic rings. The molecule has 0 aliphatic heterocycles. The van der Waals surface area contributed by atoms with Gasteiger partial charge in [-0.05, 0) is 25.0 Å². The van der Waals surface area contributed by atoms with Gasteiger partial charge in [0.05, 0.1) is 12.0 Å². The highest BCUT2D eigenvalue weighted by atomic mass is 16.4. The summed E-state index contributed by atoms with van der Waals surface area (Å²) >= 11 is 0. The van der Waals surface area contributed by atoms with Gasteiger partial charge in [-0.1, -0.05) is 19.3 Å². The minimum absolute atomic E-state index is 0.0274. The van der Waals surface area contributed by atoms with Gasteiger partial charge in [-0.2, -0.15) is 0 Å². The summed E-state index contributed by atoms with van der Waals surface area (Å²) in [7, 11) is 3.56. The maximum absolute atomic E-state index is 12.6. The second kappa shape index (κ2) is 5.69. The van der Waals surface area contributed by atoms with Crippen molar-refractivity contribution < 1.29 is 14.7 Å². The lowest BCUT2D eigenvalue weighted by molar-refractivity contribution is -0.140. The monoisotopic (exact) mass is 278 g/mol. The molecule has 0 aromatic carbocycles. The van der Waals surface area contributed by atoms with Gasteiger partial charge in [-0.15, -0.1) is 0 Å². The van der Waals surface area contributed by atoms with Crippen LogP contribution in [0.2, 0.25) is 0 Å². The van der Waals surface area contributed by atoms with Crippen molar-refractivity contribution in [3.05, 3.63) is 24.0 Å². The summed E-state index contributed by atoms with van der Waals surface area (Å²) in [6.07, 6.45) is 6.48. The lowest BCUT2D eigenvalue weighted by atomic mass is 9.78. The Labute approximate surface area is 119 Å². The number of carbonyl (C=O) groups excluding carboxylic acids is 1. The molecule has 20 heavy (non-hydrogen) atoms. The van der Waals surface area contributed by atoms with E-state index in [4.69, 9.17) is 0 Å². The van der Waals surface area contributed by atoms with Gasteiger partial charge < -0.3 is 14.6 Å². The van der Waals surface area contributed by atoms with Crippen molar-refractivity contribution in [1.82, 2.24) is 9.47 Å². The van der Waals surface area contributed by atoms with Crippen LogP contribution in [0.5, 0.6) is 0 Å². The SMILES string of the molecule is CN(C(=O)c1cccn1C)C1(CC(=O)O)CCCCC1. The van der Waals surface area contributed by atoms with Crippen LogP contribution in [0.15, 0.2) is 18.3 Å². The van der Waals surface area contributed by atoms with Gasteiger partial charge in [0.15, 0.2) is 0 Å². The lowest BCUT2D eigenvalue weighted by Crippen LogP contribution is -2.52. The fourth-order valence-electron chi connectivity index (χ4n) is 3.19. The van der Waals surface area contributed by atoms with Crippen molar-refractivity contribution in [2.24, 2.45) is 7.05 Å². The van der Waals surface area contributed by atoms with E-state index in [2.05, 4.69) is 0 Å². The molecule has 1 aliphatic carbocycles. The molecule has 110 valence electrons. The Morgan fingerprint density at radius 2 is 2.00 bits per heavy atom. The summed E-state index contributed by atoms with van der Waals surface area (Å²) in [5.74, 6) is -0.931. The maximum atomic E-state index is 12.6. The van der Waals surface area contributed by atoms with Crippen LogP contribution in [0, 0.1) is 0 Å². The van der Waals surface area contributed by atoms with E-state index in [1.807, 2.05) is 19.3 Å². The van der Waals surface area contributed by atoms with Crippen LogP contribution < -0.4 is 0 Å². The van der Waals surface area contributed by atoms with Gasteiger partial charge in [0.1, 0.15) is 5.69 Å². The van der Waals surface area contributed by atoms with E-state index < -0.39 is 11.5 Å². The first kappa shape index (κ1) is 14.6. The minimum atomic E-state index is -0.835. The summed E-state index contributed by atoms with van der Waals surface area (Å²) in [4.78, 5) is 25.5. The quantitative estimate of drug-likeness (QED) is 0.919. The third-order valence-electron chi connectivity index (χ3n) is 4.44. The standard InChI is InChI=1S/C15H22N2O3/c1-16-10-6-7-12(16)14(20)17(2)15(11-13(18)19)8-4-3-5-9-15/h6-7,10H,3-5,8-9,11H2,1-2H3,(H,18,19). The zero-order valence-corrected chi connectivity index (χ0v) is 12.1. The molecule has 2 rings (SSSR count). The second-order valence-corrected chi connectivity index (χ2v) is 5.72. The Morgan fingerprint density at radius 3 is 2.50 bits per heavy atom. The zero-order valence-electron chi connectivity index (χ0n) is 12.1. The summed E-state index contributed by atoms with van der Waals surface area (Å²) in [6.45, 7) is 0. The Balaban J connectivity index is 2.26. The molecule has 1 fully saturated rings. The van der Waals surface area contributed by atoms with Crippen LogP contribution in [0.1, 0.15) is 49.0 Å². The van der Waals surface area contributed by atoms with Gasteiger partial charge in [0.2, 0.25) is 0 Å². The molecule has 1 amide bonds. The lowest BCUT2D eigenvalue weighted by Gasteiger charge is -2.43. The van der Waals surface area contributed by atoms with Crippen LogP contribution >= 0.6 is 0 Å². The van der Waals surface area contributed by atoms with Crippen molar-refractivity contribution in [3.8, 4) is 0 Å². The number of carbonyl (C=O) groups is 2. The molecule has 1 heterocycles. The number of aryl methyl sites for hydroxylation is 1. The number of carboxylic acid groups (broad SMARTS) is 1. The van der Waals surface area contributed by atoms with E-state index in [1.165, 1.54) is 0 Å². The fraction of sp³-hybridized carbons (Fsp3) is 0.600. The van der Waals surface area contributed by atoms with Crippen molar-refractivity contribution in [1.29, 1.82) is 0 Å². The predicted octanol–water partition coefficient (Wildman–Crippen LogP) is 2.27. The van der Waals surface area contributed by atoms with Gasteiger partial charge in [-0.3, -0.25) is 9.59 Å². The van der Waals surface area contributed by atoms with E-state index in [9.17, 15) is 14.7 Å². The average Bonchev–Trinajstić information content (AvgIpc) is 2.83. The second-order valence-electron chi connectivity index (χ2n) is 5.72. The predicted molar refractivity (Wildman–Crippen MR) is 75.6 cm³/mol. The van der Waals surface area contributed by atoms with Crippen molar-refractivity contribution >= 4 is 11.9 Å². The van der Waals surface area contributed by atoms with Crippen LogP contribution in [0.3, 0.4) is 0 Å². The van der Waals surface area contributed by atoms with Crippen LogP contribution in [0.4, 0.5) is 0 Å². The highest BCUT2D eigenvalue weighted by Gasteiger charge is 2.41. The number of nitrogens with zero attached hydrogens (tertiary/aromatic N) is 2. The normalized spacial score (nSPS) is 17.7. The minimum Gasteiger partial charge on any atom is -0.481 e. The van der Waals surface area contributed by atoms with Gasteiger partial charge in [-0.25, -0.2) is 0 Å². The Kier molecular flexibility index (Phi) is 4.16. The molecule has 0 bridgehead atoms. The molecule has 5 heteroatoms. The molecule has 0 spiro atoms. The number of amides is 1. The zero-order chi connectivity index (χ0) is 14.8. The largest absolute Gasteiger partial charge is 0.481 e. The van der Waals surface area contributed by atoms with Gasteiger partial charge >= 0.3 is 5.97 Å². The van der Waals surface area contributed by atoms with Crippen LogP contribution in [-0.2, 0) is 11.8 Å². The van der Waals surface area contributed by atoms with Crippen LogP contribution in [-0.4, -0.2) is 39.0 Å². The maximum Gasteiger partial charge on any atom is 0.305 e. The van der Waals surface area contributed by atoms with Crippen molar-refractivity contribution in [3.63, 3.8) is 0 Å². The highest BCUT2D eigenvalue weighted by Crippen LogP contribution is 2.36. The third-order valence-corrected chi connectivity index (χ3v) is 4.44. The molecule has 5 nitrogen and oxygen atoms in total.